The lowest BCUT2D eigenvalue weighted by Crippen LogP contribution is -2.49. The molecule has 4 rings (SSSR count). The van der Waals surface area contributed by atoms with Gasteiger partial charge >= 0.3 is 0 Å². The Morgan fingerprint density at radius 3 is 2.75 bits per heavy atom. The maximum absolute atomic E-state index is 12.1. The van der Waals surface area contributed by atoms with Crippen molar-refractivity contribution < 1.29 is 18.4 Å². The number of likely N-dealkylation sites (tertiary alicyclic amines) is 1. The molecule has 1 amide bonds. The Bertz CT molecular complexity index is 1270. The van der Waals surface area contributed by atoms with Crippen LogP contribution in [0.2, 0.25) is 0 Å². The van der Waals surface area contributed by atoms with E-state index in [0.717, 1.165) is 46.2 Å². The summed E-state index contributed by atoms with van der Waals surface area (Å²) in [7, 11) is -3.73. The molecule has 1 saturated heterocycles. The van der Waals surface area contributed by atoms with E-state index < -0.39 is 20.5 Å². The summed E-state index contributed by atoms with van der Waals surface area (Å²) >= 11 is 1.44. The van der Waals surface area contributed by atoms with Gasteiger partial charge in [0.05, 0.1) is 15.2 Å². The van der Waals surface area contributed by atoms with E-state index in [2.05, 4.69) is 33.6 Å². The summed E-state index contributed by atoms with van der Waals surface area (Å²) in [5.41, 5.74) is 3.11. The number of benzene rings is 1. The van der Waals surface area contributed by atoms with E-state index in [9.17, 15) is 13.2 Å². The fourth-order valence-corrected chi connectivity index (χ4v) is 5.53. The van der Waals surface area contributed by atoms with Gasteiger partial charge in [-0.05, 0) is 56.2 Å². The number of aromatic nitrogens is 1. The van der Waals surface area contributed by atoms with Gasteiger partial charge in [-0.15, -0.1) is 11.3 Å². The van der Waals surface area contributed by atoms with Gasteiger partial charge in [0, 0.05) is 43.3 Å². The molecule has 9 heteroatoms. The molecule has 2 heterocycles. The second-order valence-corrected chi connectivity index (χ2v) is 12.2. The molecule has 1 aliphatic carbocycles. The summed E-state index contributed by atoms with van der Waals surface area (Å²) < 4.78 is 23.4. The molecule has 0 unspecified atom stereocenters. The van der Waals surface area contributed by atoms with E-state index in [1.54, 1.807) is 0 Å². The Kier molecular flexibility index (Phi) is 6.28. The number of hydrogen-bond donors (Lipinski definition) is 2. The first-order chi connectivity index (χ1) is 15.2. The molecule has 1 atom stereocenters. The van der Waals surface area contributed by atoms with Crippen LogP contribution in [0.4, 0.5) is 0 Å². The lowest BCUT2D eigenvalue weighted by Gasteiger charge is -2.36. The Morgan fingerprint density at radius 2 is 2.09 bits per heavy atom. The van der Waals surface area contributed by atoms with Crippen LogP contribution in [-0.2, 0) is 21.1 Å². The molecule has 0 spiro atoms. The smallest absolute Gasteiger partial charge is 0.264 e. The third-order valence-corrected chi connectivity index (χ3v) is 9.27. The number of carbonyl (C=O) groups excluding carboxylic acids is 1. The predicted octanol–water partition coefficient (Wildman–Crippen LogP) is 1.99. The van der Waals surface area contributed by atoms with Crippen molar-refractivity contribution in [3.05, 3.63) is 28.8 Å². The van der Waals surface area contributed by atoms with Crippen molar-refractivity contribution >= 4 is 37.3 Å². The van der Waals surface area contributed by atoms with Crippen molar-refractivity contribution in [3.63, 3.8) is 0 Å². The molecule has 1 aromatic carbocycles. The molecular weight excluding hydrogens is 446 g/mol. The highest BCUT2D eigenvalue weighted by molar-refractivity contribution is 7.92. The predicted molar refractivity (Wildman–Crippen MR) is 124 cm³/mol. The third-order valence-electron chi connectivity index (χ3n) is 6.17. The van der Waals surface area contributed by atoms with Gasteiger partial charge in [0.25, 0.3) is 5.91 Å². The molecule has 0 radical (unpaired) electrons. The molecule has 2 aromatic rings. The third kappa shape index (κ3) is 4.82. The van der Waals surface area contributed by atoms with Gasteiger partial charge in [0.15, 0.2) is 9.84 Å². The molecule has 1 aliphatic heterocycles. The van der Waals surface area contributed by atoms with Crippen LogP contribution in [0.3, 0.4) is 0 Å². The number of hydrogen-bond acceptors (Lipinski definition) is 7. The van der Waals surface area contributed by atoms with Gasteiger partial charge in [-0.2, -0.15) is 0 Å². The molecule has 1 saturated carbocycles. The number of carbonyl (C=O) groups is 1. The molecule has 0 bridgehead atoms. The van der Waals surface area contributed by atoms with Crippen molar-refractivity contribution in [3.8, 4) is 23.7 Å². The zero-order valence-electron chi connectivity index (χ0n) is 18.0. The molecule has 168 valence electrons. The highest BCUT2D eigenvalue weighted by Crippen LogP contribution is 2.32. The van der Waals surface area contributed by atoms with E-state index in [1.807, 2.05) is 18.2 Å². The van der Waals surface area contributed by atoms with Crippen molar-refractivity contribution in [2.24, 2.45) is 5.92 Å². The van der Waals surface area contributed by atoms with Gasteiger partial charge in [0.1, 0.15) is 4.75 Å². The minimum absolute atomic E-state index is 0.0135. The number of thiazole rings is 1. The second-order valence-electron chi connectivity index (χ2n) is 8.64. The van der Waals surface area contributed by atoms with Crippen LogP contribution in [0.1, 0.15) is 36.8 Å². The molecule has 2 N–H and O–H groups in total. The van der Waals surface area contributed by atoms with Crippen LogP contribution in [0.15, 0.2) is 18.2 Å². The molecule has 2 fully saturated rings. The number of amides is 1. The first-order valence-electron chi connectivity index (χ1n) is 10.5. The van der Waals surface area contributed by atoms with E-state index in [4.69, 9.17) is 5.21 Å². The zero-order valence-corrected chi connectivity index (χ0v) is 19.6. The standard InChI is InChI=1S/C23H25N3O4S2/c1-23(22(27)25-28,32(2,29)30)12-11-21-24-19-10-7-16(13-20(19)31-21)5-3-4-6-17-14-26(15-17)18-8-9-18/h7,10,13,17-18,28H,8-9,11-12,14-15H2,1-2H3,(H,25,27)/t23-/m1/s1. The maximum atomic E-state index is 12.1. The topological polar surface area (TPSA) is 99.6 Å². The lowest BCUT2D eigenvalue weighted by molar-refractivity contribution is -0.131. The van der Waals surface area contributed by atoms with Crippen LogP contribution in [-0.4, -0.2) is 59.6 Å². The summed E-state index contributed by atoms with van der Waals surface area (Å²) in [5.74, 6) is 11.7. The summed E-state index contributed by atoms with van der Waals surface area (Å²) in [6, 6.07) is 6.52. The van der Waals surface area contributed by atoms with Gasteiger partial charge in [-0.25, -0.2) is 18.9 Å². The molecule has 32 heavy (non-hydrogen) atoms. The fraction of sp³-hybridized carbons (Fsp3) is 0.478. The Labute approximate surface area is 192 Å². The molecule has 1 aromatic heterocycles. The molecule has 7 nitrogen and oxygen atoms in total. The second kappa shape index (κ2) is 8.84. The van der Waals surface area contributed by atoms with E-state index >= 15 is 0 Å². The number of nitrogens with zero attached hydrogens (tertiary/aromatic N) is 2. The van der Waals surface area contributed by atoms with Gasteiger partial charge in [-0.1, -0.05) is 11.8 Å². The summed E-state index contributed by atoms with van der Waals surface area (Å²) in [6.45, 7) is 3.43. The Balaban J connectivity index is 1.40. The monoisotopic (exact) mass is 471 g/mol. The van der Waals surface area contributed by atoms with Gasteiger partial charge in [-0.3, -0.25) is 14.9 Å². The highest BCUT2D eigenvalue weighted by Gasteiger charge is 2.43. The number of sulfone groups is 1. The van der Waals surface area contributed by atoms with E-state index in [-0.39, 0.29) is 6.42 Å². The van der Waals surface area contributed by atoms with Crippen LogP contribution in [0.5, 0.6) is 0 Å². The van der Waals surface area contributed by atoms with Crippen molar-refractivity contribution in [2.45, 2.75) is 43.4 Å². The average molecular weight is 472 g/mol. The van der Waals surface area contributed by atoms with Gasteiger partial charge < -0.3 is 0 Å². The Hall–Kier alpha value is -2.43. The van der Waals surface area contributed by atoms with Gasteiger partial charge in [0.2, 0.25) is 0 Å². The molecule has 2 aliphatic rings. The van der Waals surface area contributed by atoms with Crippen molar-refractivity contribution in [2.75, 3.05) is 19.3 Å². The van der Waals surface area contributed by atoms with Crippen LogP contribution >= 0.6 is 11.3 Å². The summed E-state index contributed by atoms with van der Waals surface area (Å²) in [6.07, 6.45) is 3.96. The minimum Gasteiger partial charge on any atom is -0.298 e. The number of aryl methyl sites for hydroxylation is 1. The minimum atomic E-state index is -3.73. The zero-order chi connectivity index (χ0) is 22.9. The maximum Gasteiger partial charge on any atom is 0.264 e. The van der Waals surface area contributed by atoms with Crippen LogP contribution < -0.4 is 5.48 Å². The fourth-order valence-electron chi connectivity index (χ4n) is 3.67. The van der Waals surface area contributed by atoms with Crippen LogP contribution in [0, 0.1) is 29.6 Å². The number of fused-ring (bicyclic) bond motifs is 1. The number of hydroxylamine groups is 1. The van der Waals surface area contributed by atoms with Crippen molar-refractivity contribution in [1.82, 2.24) is 15.4 Å². The van der Waals surface area contributed by atoms with Crippen LogP contribution in [0.25, 0.3) is 10.2 Å². The highest BCUT2D eigenvalue weighted by atomic mass is 32.2. The quantitative estimate of drug-likeness (QED) is 0.380. The average Bonchev–Trinajstić information content (AvgIpc) is 3.47. The number of nitrogens with one attached hydrogen (secondary N) is 1. The van der Waals surface area contributed by atoms with E-state index in [0.29, 0.717) is 12.3 Å². The Morgan fingerprint density at radius 1 is 1.34 bits per heavy atom. The normalized spacial score (nSPS) is 18.6. The largest absolute Gasteiger partial charge is 0.298 e. The number of rotatable bonds is 6. The van der Waals surface area contributed by atoms with E-state index in [1.165, 1.54) is 36.6 Å². The first-order valence-corrected chi connectivity index (χ1v) is 13.2. The summed E-state index contributed by atoms with van der Waals surface area (Å²) in [4.78, 5) is 19.0. The van der Waals surface area contributed by atoms with Crippen molar-refractivity contribution in [1.29, 1.82) is 0 Å². The SMILES string of the molecule is C[C@@](CCc1nc2ccc(C#CC#CC3CN(C4CC4)C3)cc2s1)(C(=O)NO)S(C)(=O)=O. The molecular formula is C23H25N3O4S2. The summed E-state index contributed by atoms with van der Waals surface area (Å²) in [5, 5.41) is 9.66. The lowest BCUT2D eigenvalue weighted by atomic mass is 10.0. The first kappa shape index (κ1) is 22.8.